The second kappa shape index (κ2) is 10.4. The Kier molecular flexibility index (Phi) is 6.88. The van der Waals surface area contributed by atoms with Crippen molar-refractivity contribution in [1.82, 2.24) is 10.2 Å². The lowest BCUT2D eigenvalue weighted by Crippen LogP contribution is -2.74. The van der Waals surface area contributed by atoms with Crippen molar-refractivity contribution in [3.8, 4) is 0 Å². The molecular formula is C28H24N2O5S. The molecule has 0 aromatic heterocycles. The molecule has 182 valence electrons. The SMILES string of the molecule is O=C(Cc1ccccc1)N[C@@H]1C(=O)N2C(C(=O)OC(c3ccccc3)c3ccccc3)=CC[S+]([O-])[C@@H]12. The molecule has 2 heterocycles. The van der Waals surface area contributed by atoms with Gasteiger partial charge < -0.3 is 14.6 Å². The van der Waals surface area contributed by atoms with Crippen molar-refractivity contribution in [2.75, 3.05) is 5.75 Å². The smallest absolute Gasteiger partial charge is 0.356 e. The van der Waals surface area contributed by atoms with Crippen LogP contribution in [0, 0.1) is 0 Å². The van der Waals surface area contributed by atoms with E-state index in [1.807, 2.05) is 91.0 Å². The van der Waals surface area contributed by atoms with E-state index in [1.165, 1.54) is 11.0 Å². The van der Waals surface area contributed by atoms with Gasteiger partial charge in [-0.1, -0.05) is 91.0 Å². The Balaban J connectivity index is 1.31. The number of carbonyl (C=O) groups excluding carboxylic acids is 3. The van der Waals surface area contributed by atoms with Crippen molar-refractivity contribution < 1.29 is 23.7 Å². The highest BCUT2D eigenvalue weighted by atomic mass is 32.2. The van der Waals surface area contributed by atoms with Gasteiger partial charge in [-0.2, -0.15) is 0 Å². The highest BCUT2D eigenvalue weighted by molar-refractivity contribution is 7.92. The van der Waals surface area contributed by atoms with Crippen LogP contribution >= 0.6 is 0 Å². The number of hydrogen-bond acceptors (Lipinski definition) is 5. The molecule has 3 aromatic carbocycles. The largest absolute Gasteiger partial charge is 0.614 e. The first-order chi connectivity index (χ1) is 17.5. The quantitative estimate of drug-likeness (QED) is 0.306. The van der Waals surface area contributed by atoms with Gasteiger partial charge in [-0.25, -0.2) is 4.79 Å². The average molecular weight is 501 g/mol. The van der Waals surface area contributed by atoms with E-state index in [0.29, 0.717) is 0 Å². The summed E-state index contributed by atoms with van der Waals surface area (Å²) in [7, 11) is 0. The lowest BCUT2D eigenvalue weighted by Gasteiger charge is -2.48. The molecule has 1 unspecified atom stereocenters. The van der Waals surface area contributed by atoms with E-state index in [1.54, 1.807) is 0 Å². The average Bonchev–Trinajstić information content (AvgIpc) is 2.91. The number of nitrogens with zero attached hydrogens (tertiary/aromatic N) is 1. The third kappa shape index (κ3) is 4.78. The van der Waals surface area contributed by atoms with Crippen LogP contribution in [0.15, 0.2) is 103 Å². The second-order valence-electron chi connectivity index (χ2n) is 8.55. The molecule has 1 fully saturated rings. The van der Waals surface area contributed by atoms with E-state index in [0.717, 1.165) is 16.7 Å². The van der Waals surface area contributed by atoms with Crippen molar-refractivity contribution >= 4 is 29.0 Å². The molecule has 0 aliphatic carbocycles. The monoisotopic (exact) mass is 500 g/mol. The van der Waals surface area contributed by atoms with Gasteiger partial charge in [0.15, 0.2) is 12.1 Å². The van der Waals surface area contributed by atoms with Crippen LogP contribution in [-0.2, 0) is 36.7 Å². The molecule has 0 bridgehead atoms. The van der Waals surface area contributed by atoms with E-state index >= 15 is 0 Å². The van der Waals surface area contributed by atoms with Crippen LogP contribution in [0.25, 0.3) is 0 Å². The van der Waals surface area contributed by atoms with Crippen molar-refractivity contribution in [2.24, 2.45) is 0 Å². The molecular weight excluding hydrogens is 476 g/mol. The zero-order valence-corrected chi connectivity index (χ0v) is 20.1. The molecule has 0 spiro atoms. The molecule has 1 saturated heterocycles. The van der Waals surface area contributed by atoms with Crippen LogP contribution in [0.5, 0.6) is 0 Å². The summed E-state index contributed by atoms with van der Waals surface area (Å²) >= 11 is -1.46. The van der Waals surface area contributed by atoms with Crippen molar-refractivity contribution in [3.63, 3.8) is 0 Å². The number of rotatable bonds is 7. The number of hydrogen-bond donors (Lipinski definition) is 1. The fraction of sp³-hybridized carbons (Fsp3) is 0.179. The number of amides is 2. The first kappa shape index (κ1) is 23.8. The molecule has 2 aliphatic heterocycles. The van der Waals surface area contributed by atoms with Gasteiger partial charge in [0.05, 0.1) is 6.42 Å². The van der Waals surface area contributed by atoms with E-state index in [2.05, 4.69) is 5.32 Å². The number of esters is 1. The summed E-state index contributed by atoms with van der Waals surface area (Å²) in [6, 6.07) is 26.9. The third-order valence-electron chi connectivity index (χ3n) is 6.18. The highest BCUT2D eigenvalue weighted by Crippen LogP contribution is 2.36. The number of benzene rings is 3. The summed E-state index contributed by atoms with van der Waals surface area (Å²) in [5.74, 6) is -1.42. The third-order valence-corrected chi connectivity index (χ3v) is 7.69. The van der Waals surface area contributed by atoms with Gasteiger partial charge in [-0.05, 0) is 33.9 Å². The summed E-state index contributed by atoms with van der Waals surface area (Å²) in [6.07, 6.45) is 0.899. The molecule has 5 rings (SSSR count). The highest BCUT2D eigenvalue weighted by Gasteiger charge is 2.59. The summed E-state index contributed by atoms with van der Waals surface area (Å²) in [4.78, 5) is 40.0. The van der Waals surface area contributed by atoms with Crippen molar-refractivity contribution in [1.29, 1.82) is 0 Å². The van der Waals surface area contributed by atoms with Crippen LogP contribution in [-0.4, -0.2) is 44.4 Å². The number of nitrogens with one attached hydrogen (secondary N) is 1. The zero-order chi connectivity index (χ0) is 25.1. The van der Waals surface area contributed by atoms with E-state index in [9.17, 15) is 18.9 Å². The number of ether oxygens (including phenoxy) is 1. The molecule has 0 radical (unpaired) electrons. The molecule has 36 heavy (non-hydrogen) atoms. The van der Waals surface area contributed by atoms with Gasteiger partial charge in [0, 0.05) is 0 Å². The topological polar surface area (TPSA) is 98.8 Å². The lowest BCUT2D eigenvalue weighted by molar-refractivity contribution is -0.154. The molecule has 1 N–H and O–H groups in total. The van der Waals surface area contributed by atoms with Gasteiger partial charge in [0.1, 0.15) is 11.4 Å². The molecule has 8 heteroatoms. The maximum absolute atomic E-state index is 13.3. The van der Waals surface area contributed by atoms with E-state index in [-0.39, 0.29) is 23.8 Å². The predicted molar refractivity (Wildman–Crippen MR) is 135 cm³/mol. The molecule has 3 atom stereocenters. The Hall–Kier alpha value is -3.88. The van der Waals surface area contributed by atoms with E-state index < -0.39 is 40.6 Å². The minimum absolute atomic E-state index is 0.0509. The Morgan fingerprint density at radius 3 is 2.08 bits per heavy atom. The van der Waals surface area contributed by atoms with Gasteiger partial charge in [0.25, 0.3) is 5.91 Å². The zero-order valence-electron chi connectivity index (χ0n) is 19.3. The Bertz CT molecular complexity index is 1240. The van der Waals surface area contributed by atoms with Gasteiger partial charge in [-0.3, -0.25) is 14.5 Å². The van der Waals surface area contributed by atoms with Crippen LogP contribution < -0.4 is 5.32 Å². The predicted octanol–water partition coefficient (Wildman–Crippen LogP) is 2.86. The van der Waals surface area contributed by atoms with Gasteiger partial charge >= 0.3 is 5.97 Å². The molecule has 2 amide bonds. The molecule has 3 aromatic rings. The molecule has 2 aliphatic rings. The van der Waals surface area contributed by atoms with Crippen molar-refractivity contribution in [3.05, 3.63) is 119 Å². The number of fused-ring (bicyclic) bond motifs is 1. The van der Waals surface area contributed by atoms with E-state index in [4.69, 9.17) is 4.74 Å². The van der Waals surface area contributed by atoms with Gasteiger partial charge in [0.2, 0.25) is 11.3 Å². The van der Waals surface area contributed by atoms with Crippen molar-refractivity contribution in [2.45, 2.75) is 23.9 Å². The number of carbonyl (C=O) groups is 3. The first-order valence-electron chi connectivity index (χ1n) is 11.6. The fourth-order valence-electron chi connectivity index (χ4n) is 4.42. The normalized spacial score (nSPS) is 20.7. The molecule has 0 saturated carbocycles. The summed E-state index contributed by atoms with van der Waals surface area (Å²) < 4.78 is 18.7. The fourth-order valence-corrected chi connectivity index (χ4v) is 5.88. The standard InChI is InChI=1S/C28H24N2O5S/c31-23(18-19-10-4-1-5-11-19)29-24-26(32)30-22(16-17-36(34)27(24)30)28(33)35-25(20-12-6-2-7-13-20)21-14-8-3-9-15-21/h1-16,24-25,27H,17-18H2,(H,29,31)/t24-,27+,36?/m1/s1. The first-order valence-corrected chi connectivity index (χ1v) is 13.0. The summed E-state index contributed by atoms with van der Waals surface area (Å²) in [5.41, 5.74) is 2.43. The van der Waals surface area contributed by atoms with Crippen LogP contribution in [0.2, 0.25) is 0 Å². The number of β-lactam (4-membered cyclic amide) rings is 1. The maximum Gasteiger partial charge on any atom is 0.356 e. The van der Waals surface area contributed by atoms with Crippen LogP contribution in [0.1, 0.15) is 22.8 Å². The minimum atomic E-state index is -1.46. The summed E-state index contributed by atoms with van der Waals surface area (Å²) in [5, 5.41) is 1.89. The molecule has 7 nitrogen and oxygen atoms in total. The Labute approximate surface area is 211 Å². The maximum atomic E-state index is 13.3. The Morgan fingerprint density at radius 2 is 1.50 bits per heavy atom. The minimum Gasteiger partial charge on any atom is -0.614 e. The second-order valence-corrected chi connectivity index (χ2v) is 10.1. The lowest BCUT2D eigenvalue weighted by atomic mass is 10.0. The van der Waals surface area contributed by atoms with Crippen LogP contribution in [0.4, 0.5) is 0 Å². The van der Waals surface area contributed by atoms with Gasteiger partial charge in [-0.15, -0.1) is 0 Å². The summed E-state index contributed by atoms with van der Waals surface area (Å²) in [6.45, 7) is 0. The Morgan fingerprint density at radius 1 is 0.944 bits per heavy atom. The van der Waals surface area contributed by atoms with Crippen LogP contribution in [0.3, 0.4) is 0 Å².